The van der Waals surface area contributed by atoms with Gasteiger partial charge in [0.1, 0.15) is 5.75 Å². The highest BCUT2D eigenvalue weighted by Crippen LogP contribution is 2.29. The monoisotopic (exact) mass is 358 g/mol. The Balaban J connectivity index is 1.48. The van der Waals surface area contributed by atoms with E-state index in [4.69, 9.17) is 4.74 Å². The number of carbonyl (C=O) groups excluding carboxylic acids is 1. The number of rotatable bonds is 4. The lowest BCUT2D eigenvalue weighted by Crippen LogP contribution is -2.45. The van der Waals surface area contributed by atoms with Crippen LogP contribution in [0.2, 0.25) is 0 Å². The normalized spacial score (nSPS) is 18.9. The van der Waals surface area contributed by atoms with Crippen LogP contribution in [0.15, 0.2) is 47.4 Å². The molecule has 1 aliphatic heterocycles. The number of para-hydroxylation sites is 2. The molecule has 1 amide bonds. The van der Waals surface area contributed by atoms with Gasteiger partial charge in [0.2, 0.25) is 10.0 Å². The average Bonchev–Trinajstić information content (AvgIpc) is 3.07. The Bertz CT molecular complexity index is 940. The number of nitrogens with one attached hydrogen (secondary N) is 2. The Labute approximate surface area is 146 Å². The van der Waals surface area contributed by atoms with Gasteiger partial charge in [-0.1, -0.05) is 18.2 Å². The van der Waals surface area contributed by atoms with Crippen LogP contribution in [0.3, 0.4) is 0 Å². The van der Waals surface area contributed by atoms with Gasteiger partial charge >= 0.3 is 0 Å². The molecule has 0 spiro atoms. The van der Waals surface area contributed by atoms with E-state index in [0.29, 0.717) is 11.4 Å². The van der Waals surface area contributed by atoms with Gasteiger partial charge in [-0.05, 0) is 54.7 Å². The molecule has 2 N–H and O–H groups in total. The zero-order valence-electron chi connectivity index (χ0n) is 13.5. The minimum Gasteiger partial charge on any atom is -0.477 e. The van der Waals surface area contributed by atoms with Gasteiger partial charge in [0, 0.05) is 0 Å². The van der Waals surface area contributed by atoms with Crippen molar-refractivity contribution >= 4 is 21.6 Å². The molecule has 2 aromatic carbocycles. The van der Waals surface area contributed by atoms with Gasteiger partial charge in [-0.3, -0.25) is 4.79 Å². The summed E-state index contributed by atoms with van der Waals surface area (Å²) in [5, 5.41) is 2.72. The molecule has 1 unspecified atom stereocenters. The van der Waals surface area contributed by atoms with Crippen molar-refractivity contribution in [1.82, 2.24) is 4.72 Å². The summed E-state index contributed by atoms with van der Waals surface area (Å²) in [4.78, 5) is 12.3. The summed E-state index contributed by atoms with van der Waals surface area (Å²) in [7, 11) is -3.69. The molecule has 7 heteroatoms. The van der Waals surface area contributed by atoms with E-state index in [2.05, 4.69) is 10.0 Å². The summed E-state index contributed by atoms with van der Waals surface area (Å²) in [6, 6.07) is 12.3. The lowest BCUT2D eigenvalue weighted by Gasteiger charge is -2.25. The summed E-state index contributed by atoms with van der Waals surface area (Å²) in [5.41, 5.74) is 2.89. The Kier molecular flexibility index (Phi) is 3.97. The summed E-state index contributed by atoms with van der Waals surface area (Å²) in [5.74, 6) is 0.166. The van der Waals surface area contributed by atoms with Crippen LogP contribution in [-0.2, 0) is 27.7 Å². The molecule has 130 valence electrons. The molecule has 2 aliphatic rings. The van der Waals surface area contributed by atoms with E-state index in [1.165, 1.54) is 5.56 Å². The highest BCUT2D eigenvalue weighted by atomic mass is 32.2. The Morgan fingerprint density at radius 1 is 1.12 bits per heavy atom. The van der Waals surface area contributed by atoms with Crippen molar-refractivity contribution in [2.24, 2.45) is 0 Å². The number of carbonyl (C=O) groups is 1. The highest BCUT2D eigenvalue weighted by molar-refractivity contribution is 7.89. The predicted octanol–water partition coefficient (Wildman–Crippen LogP) is 1.85. The smallest absolute Gasteiger partial charge is 0.266 e. The van der Waals surface area contributed by atoms with E-state index >= 15 is 0 Å². The Morgan fingerprint density at radius 3 is 2.80 bits per heavy atom. The van der Waals surface area contributed by atoms with Crippen LogP contribution in [0, 0.1) is 0 Å². The van der Waals surface area contributed by atoms with Crippen molar-refractivity contribution in [3.63, 3.8) is 0 Å². The number of anilines is 1. The molecule has 4 rings (SSSR count). The number of amides is 1. The molecule has 2 aromatic rings. The maximum Gasteiger partial charge on any atom is 0.266 e. The number of aryl methyl sites for hydroxylation is 2. The summed E-state index contributed by atoms with van der Waals surface area (Å²) >= 11 is 0. The van der Waals surface area contributed by atoms with Gasteiger partial charge in [0.25, 0.3) is 5.91 Å². The first-order valence-corrected chi connectivity index (χ1v) is 9.69. The second-order valence-corrected chi connectivity index (χ2v) is 7.99. The summed E-state index contributed by atoms with van der Waals surface area (Å²) in [6.45, 7) is -0.125. The number of benzene rings is 2. The first-order chi connectivity index (χ1) is 12.0. The minimum absolute atomic E-state index is 0.125. The number of hydrogen-bond donors (Lipinski definition) is 2. The van der Waals surface area contributed by atoms with Gasteiger partial charge in [-0.2, -0.15) is 0 Å². The van der Waals surface area contributed by atoms with Gasteiger partial charge in [0.05, 0.1) is 17.1 Å². The fourth-order valence-electron chi connectivity index (χ4n) is 3.21. The third kappa shape index (κ3) is 3.12. The third-order valence-corrected chi connectivity index (χ3v) is 5.97. The van der Waals surface area contributed by atoms with Gasteiger partial charge in [0.15, 0.2) is 6.10 Å². The number of hydrogen-bond acceptors (Lipinski definition) is 4. The second kappa shape index (κ2) is 6.16. The standard InChI is InChI=1S/C18H18N2O4S/c21-18-17(24-16-7-2-1-6-15(16)20-18)11-19-25(22,23)14-9-8-12-4-3-5-13(12)10-14/h1-2,6-10,17,19H,3-5,11H2,(H,20,21). The fourth-order valence-corrected chi connectivity index (χ4v) is 4.29. The second-order valence-electron chi connectivity index (χ2n) is 6.23. The topological polar surface area (TPSA) is 84.5 Å². The largest absolute Gasteiger partial charge is 0.477 e. The predicted molar refractivity (Wildman–Crippen MR) is 93.1 cm³/mol. The van der Waals surface area contributed by atoms with Crippen LogP contribution in [-0.4, -0.2) is 27.0 Å². The molecule has 0 radical (unpaired) electrons. The fraction of sp³-hybridized carbons (Fsp3) is 0.278. The zero-order valence-corrected chi connectivity index (χ0v) is 14.3. The molecule has 1 heterocycles. The molecular formula is C18H18N2O4S. The molecule has 0 saturated heterocycles. The van der Waals surface area contributed by atoms with Crippen molar-refractivity contribution in [2.45, 2.75) is 30.3 Å². The van der Waals surface area contributed by atoms with E-state index in [1.807, 2.05) is 6.07 Å². The maximum absolute atomic E-state index is 12.5. The van der Waals surface area contributed by atoms with Crippen molar-refractivity contribution in [2.75, 3.05) is 11.9 Å². The van der Waals surface area contributed by atoms with E-state index in [0.717, 1.165) is 24.8 Å². The molecule has 0 fully saturated rings. The summed E-state index contributed by atoms with van der Waals surface area (Å²) < 4.78 is 33.2. The highest BCUT2D eigenvalue weighted by Gasteiger charge is 2.29. The molecule has 1 aliphatic carbocycles. The van der Waals surface area contributed by atoms with Crippen LogP contribution < -0.4 is 14.8 Å². The lowest BCUT2D eigenvalue weighted by atomic mass is 10.1. The Hall–Kier alpha value is -2.38. The third-order valence-electron chi connectivity index (χ3n) is 4.55. The van der Waals surface area contributed by atoms with Crippen molar-refractivity contribution in [1.29, 1.82) is 0 Å². The quantitative estimate of drug-likeness (QED) is 0.874. The molecular weight excluding hydrogens is 340 g/mol. The number of sulfonamides is 1. The molecule has 0 saturated carbocycles. The van der Waals surface area contributed by atoms with E-state index in [9.17, 15) is 13.2 Å². The van der Waals surface area contributed by atoms with Gasteiger partial charge in [-0.15, -0.1) is 0 Å². The Morgan fingerprint density at radius 2 is 1.92 bits per heavy atom. The molecule has 6 nitrogen and oxygen atoms in total. The molecule has 25 heavy (non-hydrogen) atoms. The zero-order chi connectivity index (χ0) is 17.4. The average molecular weight is 358 g/mol. The van der Waals surface area contributed by atoms with Crippen molar-refractivity contribution in [3.8, 4) is 5.75 Å². The van der Waals surface area contributed by atoms with E-state index < -0.39 is 16.1 Å². The molecule has 0 bridgehead atoms. The minimum atomic E-state index is -3.69. The number of ether oxygens (including phenoxy) is 1. The van der Waals surface area contributed by atoms with Gasteiger partial charge in [-0.25, -0.2) is 13.1 Å². The van der Waals surface area contributed by atoms with E-state index in [1.54, 1.807) is 36.4 Å². The summed E-state index contributed by atoms with van der Waals surface area (Å²) in [6.07, 6.45) is 2.06. The van der Waals surface area contributed by atoms with Crippen molar-refractivity contribution < 1.29 is 17.9 Å². The van der Waals surface area contributed by atoms with Crippen LogP contribution in [0.1, 0.15) is 17.5 Å². The number of fused-ring (bicyclic) bond motifs is 2. The molecule has 1 atom stereocenters. The van der Waals surface area contributed by atoms with Crippen LogP contribution in [0.5, 0.6) is 5.75 Å². The van der Waals surface area contributed by atoms with Crippen LogP contribution in [0.25, 0.3) is 0 Å². The van der Waals surface area contributed by atoms with Crippen LogP contribution in [0.4, 0.5) is 5.69 Å². The first kappa shape index (κ1) is 16.1. The van der Waals surface area contributed by atoms with Crippen LogP contribution >= 0.6 is 0 Å². The molecule has 0 aromatic heterocycles. The maximum atomic E-state index is 12.5. The van der Waals surface area contributed by atoms with E-state index in [-0.39, 0.29) is 17.3 Å². The first-order valence-electron chi connectivity index (χ1n) is 8.21. The SMILES string of the molecule is O=C1Nc2ccccc2OC1CNS(=O)(=O)c1ccc2c(c1)CCC2. The lowest BCUT2D eigenvalue weighted by molar-refractivity contribution is -0.123. The van der Waals surface area contributed by atoms with Gasteiger partial charge < -0.3 is 10.1 Å². The van der Waals surface area contributed by atoms with Crippen molar-refractivity contribution in [3.05, 3.63) is 53.6 Å².